The second-order valence-corrected chi connectivity index (χ2v) is 3.37. The van der Waals surface area contributed by atoms with E-state index in [9.17, 15) is 23.2 Å². The number of ether oxygens (including phenoxy) is 1. The molecule has 0 aliphatic rings. The van der Waals surface area contributed by atoms with E-state index in [0.717, 1.165) is 0 Å². The van der Waals surface area contributed by atoms with Gasteiger partial charge >= 0.3 is 17.1 Å². The summed E-state index contributed by atoms with van der Waals surface area (Å²) in [5.74, 6) is -3.14. The maximum Gasteiger partial charge on any atom is 0.367 e. The largest absolute Gasteiger partial charge is 0.465 e. The van der Waals surface area contributed by atoms with Gasteiger partial charge in [0, 0.05) is 0 Å². The van der Waals surface area contributed by atoms with Gasteiger partial charge in [-0.1, -0.05) is 12.6 Å². The summed E-state index contributed by atoms with van der Waals surface area (Å²) in [6.45, 7) is 0.695. The molecule has 6 nitrogen and oxygen atoms in total. The lowest BCUT2D eigenvalue weighted by atomic mass is 10.5. The van der Waals surface area contributed by atoms with Gasteiger partial charge < -0.3 is 15.4 Å². The highest BCUT2D eigenvalue weighted by atomic mass is 32.1. The first-order valence-electron chi connectivity index (χ1n) is 4.58. The fraction of sp³-hybridized carbons (Fsp3) is 0.625. The van der Waals surface area contributed by atoms with Crippen LogP contribution < -0.4 is 10.6 Å². The van der Waals surface area contributed by atoms with Crippen molar-refractivity contribution >= 4 is 30.4 Å². The Kier molecular flexibility index (Phi) is 6.47. The number of carbonyl (C=O) groups excluding carboxylic acids is 3. The van der Waals surface area contributed by atoms with E-state index in [1.807, 2.05) is 0 Å². The van der Waals surface area contributed by atoms with Crippen LogP contribution in [0.3, 0.4) is 0 Å². The third-order valence-corrected chi connectivity index (χ3v) is 1.62. The van der Waals surface area contributed by atoms with E-state index < -0.39 is 29.6 Å². The Morgan fingerprint density at radius 2 is 1.82 bits per heavy atom. The molecule has 0 aromatic carbocycles. The van der Waals surface area contributed by atoms with Crippen molar-refractivity contribution < 1.29 is 27.9 Å². The van der Waals surface area contributed by atoms with Crippen LogP contribution in [0.25, 0.3) is 0 Å². The van der Waals surface area contributed by atoms with Gasteiger partial charge in [0.15, 0.2) is 0 Å². The van der Waals surface area contributed by atoms with E-state index in [0.29, 0.717) is 0 Å². The highest BCUT2D eigenvalue weighted by molar-refractivity contribution is 7.82. The Bertz CT molecular complexity index is 306. The maximum atomic E-state index is 12.2. The molecule has 0 heterocycles. The number of hydrogen-bond acceptors (Lipinski definition) is 5. The van der Waals surface area contributed by atoms with Crippen LogP contribution in [-0.4, -0.2) is 42.7 Å². The number of alkyl halides is 2. The zero-order chi connectivity index (χ0) is 13.5. The topological polar surface area (TPSA) is 84.5 Å². The summed E-state index contributed by atoms with van der Waals surface area (Å²) in [6, 6.07) is 0. The maximum absolute atomic E-state index is 12.2. The molecule has 0 unspecified atom stereocenters. The summed E-state index contributed by atoms with van der Waals surface area (Å²) < 4.78 is 29.0. The lowest BCUT2D eigenvalue weighted by molar-refractivity contribution is -0.143. The minimum atomic E-state index is -3.85. The Hall–Kier alpha value is -1.38. The van der Waals surface area contributed by atoms with Gasteiger partial charge in [0.2, 0.25) is 5.91 Å². The number of amides is 2. The van der Waals surface area contributed by atoms with E-state index >= 15 is 0 Å². The summed E-state index contributed by atoms with van der Waals surface area (Å²) >= 11 is 2.71. The van der Waals surface area contributed by atoms with Crippen molar-refractivity contribution in [3.05, 3.63) is 0 Å². The molecule has 0 saturated carbocycles. The number of hydrogen-bond donors (Lipinski definition) is 3. The molecule has 0 spiro atoms. The Labute approximate surface area is 101 Å². The van der Waals surface area contributed by atoms with Gasteiger partial charge in [-0.05, 0) is 6.92 Å². The molecular formula is C8H12F2N2O4S. The number of nitrogens with one attached hydrogen (secondary N) is 2. The highest BCUT2D eigenvalue weighted by Gasteiger charge is 2.33. The fourth-order valence-corrected chi connectivity index (χ4v) is 0.791. The van der Waals surface area contributed by atoms with Crippen molar-refractivity contribution in [3.63, 3.8) is 0 Å². The summed E-state index contributed by atoms with van der Waals surface area (Å²) in [5.41, 5.74) is 0. The lowest BCUT2D eigenvalue weighted by Crippen LogP contribution is -2.43. The number of rotatable bonds is 6. The Balaban J connectivity index is 3.82. The minimum absolute atomic E-state index is 0.164. The fourth-order valence-electron chi connectivity index (χ4n) is 0.712. The lowest BCUT2D eigenvalue weighted by Gasteiger charge is -2.09. The molecule has 2 amide bonds. The molecule has 0 rings (SSSR count). The highest BCUT2D eigenvalue weighted by Crippen LogP contribution is 2.17. The van der Waals surface area contributed by atoms with E-state index in [4.69, 9.17) is 0 Å². The molecule has 2 N–H and O–H groups in total. The van der Waals surface area contributed by atoms with Crippen LogP contribution in [0, 0.1) is 0 Å². The van der Waals surface area contributed by atoms with Crippen molar-refractivity contribution in [1.82, 2.24) is 10.6 Å². The van der Waals surface area contributed by atoms with Crippen molar-refractivity contribution in [1.29, 1.82) is 0 Å². The summed E-state index contributed by atoms with van der Waals surface area (Å²) in [5, 5.41) is -0.121. The van der Waals surface area contributed by atoms with Gasteiger partial charge in [0.05, 0.1) is 13.2 Å². The molecule has 17 heavy (non-hydrogen) atoms. The molecule has 0 aliphatic carbocycles. The zero-order valence-electron chi connectivity index (χ0n) is 8.96. The molecule has 0 bridgehead atoms. The predicted octanol–water partition coefficient (Wildman–Crippen LogP) is -0.696. The average molecular weight is 270 g/mol. The van der Waals surface area contributed by atoms with Gasteiger partial charge in [-0.3, -0.25) is 14.4 Å². The molecule has 0 atom stereocenters. The molecule has 0 radical (unpaired) electrons. The van der Waals surface area contributed by atoms with Crippen molar-refractivity contribution in [3.8, 4) is 0 Å². The second-order valence-electron chi connectivity index (χ2n) is 2.81. The SMILES string of the molecule is CCOC(=O)CNC(=O)CNC(=O)C(F)(F)S. The van der Waals surface area contributed by atoms with Crippen LogP contribution in [-0.2, 0) is 19.1 Å². The Morgan fingerprint density at radius 3 is 2.29 bits per heavy atom. The quantitative estimate of drug-likeness (QED) is 0.440. The predicted molar refractivity (Wildman–Crippen MR) is 56.6 cm³/mol. The monoisotopic (exact) mass is 270 g/mol. The van der Waals surface area contributed by atoms with E-state index in [1.165, 1.54) is 0 Å². The van der Waals surface area contributed by atoms with E-state index in [1.54, 1.807) is 12.2 Å². The third-order valence-electron chi connectivity index (χ3n) is 1.42. The molecule has 0 saturated heterocycles. The van der Waals surface area contributed by atoms with Gasteiger partial charge in [0.1, 0.15) is 6.54 Å². The third kappa shape index (κ3) is 7.50. The van der Waals surface area contributed by atoms with E-state index in [-0.39, 0.29) is 13.2 Å². The van der Waals surface area contributed by atoms with Crippen molar-refractivity contribution in [2.75, 3.05) is 19.7 Å². The normalized spacial score (nSPS) is 10.6. The smallest absolute Gasteiger partial charge is 0.367 e. The minimum Gasteiger partial charge on any atom is -0.465 e. The van der Waals surface area contributed by atoms with Gasteiger partial charge in [-0.2, -0.15) is 8.78 Å². The van der Waals surface area contributed by atoms with Crippen LogP contribution in [0.1, 0.15) is 6.92 Å². The molecule has 0 aromatic heterocycles. The van der Waals surface area contributed by atoms with Gasteiger partial charge in [-0.15, -0.1) is 0 Å². The summed E-state index contributed by atoms with van der Waals surface area (Å²) in [7, 11) is 0. The summed E-state index contributed by atoms with van der Waals surface area (Å²) in [6.07, 6.45) is 0. The van der Waals surface area contributed by atoms with Crippen LogP contribution in [0.15, 0.2) is 0 Å². The first-order chi connectivity index (χ1) is 7.77. The first-order valence-corrected chi connectivity index (χ1v) is 5.03. The van der Waals surface area contributed by atoms with Crippen LogP contribution >= 0.6 is 12.6 Å². The Morgan fingerprint density at radius 1 is 1.24 bits per heavy atom. The van der Waals surface area contributed by atoms with Crippen LogP contribution in [0.2, 0.25) is 0 Å². The van der Waals surface area contributed by atoms with E-state index in [2.05, 4.69) is 22.7 Å². The zero-order valence-corrected chi connectivity index (χ0v) is 9.85. The van der Waals surface area contributed by atoms with Gasteiger partial charge in [-0.25, -0.2) is 0 Å². The second kappa shape index (κ2) is 7.05. The van der Waals surface area contributed by atoms with Crippen molar-refractivity contribution in [2.24, 2.45) is 0 Å². The molecule has 0 aliphatic heterocycles. The van der Waals surface area contributed by atoms with Crippen LogP contribution in [0.5, 0.6) is 0 Å². The molecule has 9 heteroatoms. The van der Waals surface area contributed by atoms with Gasteiger partial charge in [0.25, 0.3) is 0 Å². The molecular weight excluding hydrogens is 258 g/mol. The average Bonchev–Trinajstić information content (AvgIpc) is 2.22. The standard InChI is InChI=1S/C8H12F2N2O4S/c1-2-16-6(14)4-11-5(13)3-12-7(15)8(9,10)17/h17H,2-4H2,1H3,(H,11,13)(H,12,15). The van der Waals surface area contributed by atoms with Crippen molar-refractivity contribution in [2.45, 2.75) is 12.2 Å². The summed E-state index contributed by atoms with van der Waals surface area (Å²) in [4.78, 5) is 32.4. The molecule has 0 fully saturated rings. The van der Waals surface area contributed by atoms with Crippen LogP contribution in [0.4, 0.5) is 8.78 Å². The number of thiol groups is 1. The number of halogens is 2. The number of esters is 1. The molecule has 0 aromatic rings. The first kappa shape index (κ1) is 15.6. The molecule has 98 valence electrons. The number of carbonyl (C=O) groups is 3.